The molecule has 8 heavy (non-hydrogen) atoms. The van der Waals surface area contributed by atoms with Crippen molar-refractivity contribution in [2.24, 2.45) is 0 Å². The van der Waals surface area contributed by atoms with Crippen LogP contribution in [-0.4, -0.2) is 29.2 Å². The van der Waals surface area contributed by atoms with Crippen molar-refractivity contribution >= 4 is 0 Å². The molecule has 2 N–H and O–H groups in total. The predicted molar refractivity (Wildman–Crippen MR) is 27.2 cm³/mol. The summed E-state index contributed by atoms with van der Waals surface area (Å²) in [5, 5.41) is 17.4. The van der Waals surface area contributed by atoms with Crippen molar-refractivity contribution < 1.29 is 14.9 Å². The Morgan fingerprint density at radius 1 is 1.50 bits per heavy atom. The highest BCUT2D eigenvalue weighted by molar-refractivity contribution is 4.85. The van der Waals surface area contributed by atoms with Crippen LogP contribution in [0.1, 0.15) is 12.8 Å². The summed E-state index contributed by atoms with van der Waals surface area (Å²) in [5.41, 5.74) is 0. The van der Waals surface area contributed by atoms with Crippen molar-refractivity contribution in [3.8, 4) is 0 Å². The molecule has 48 valence electrons. The summed E-state index contributed by atoms with van der Waals surface area (Å²) in [6.45, 7) is 0. The van der Waals surface area contributed by atoms with Gasteiger partial charge in [-0.2, -0.15) is 0 Å². The zero-order valence-electron chi connectivity index (χ0n) is 4.79. The van der Waals surface area contributed by atoms with Crippen molar-refractivity contribution in [1.82, 2.24) is 0 Å². The fourth-order valence-electron chi connectivity index (χ4n) is 0.836. The van der Waals surface area contributed by atoms with E-state index in [4.69, 9.17) is 14.9 Å². The minimum atomic E-state index is -1.43. The second kappa shape index (κ2) is 1.69. The average Bonchev–Trinajstić information content (AvgIpc) is 1.60. The van der Waals surface area contributed by atoms with Gasteiger partial charge in [0.05, 0.1) is 6.10 Å². The molecule has 0 aromatic rings. The lowest BCUT2D eigenvalue weighted by Crippen LogP contribution is -2.47. The van der Waals surface area contributed by atoms with Crippen LogP contribution in [0.25, 0.3) is 0 Å². The molecule has 0 spiro atoms. The molecule has 1 aliphatic carbocycles. The third-order valence-corrected chi connectivity index (χ3v) is 1.44. The minimum absolute atomic E-state index is 0.0602. The quantitative estimate of drug-likeness (QED) is 0.455. The Labute approximate surface area is 47.9 Å². The van der Waals surface area contributed by atoms with Gasteiger partial charge in [0.25, 0.3) is 0 Å². The maximum Gasteiger partial charge on any atom is 0.167 e. The van der Waals surface area contributed by atoms with E-state index < -0.39 is 5.79 Å². The highest BCUT2D eigenvalue weighted by Gasteiger charge is 2.40. The van der Waals surface area contributed by atoms with Gasteiger partial charge in [-0.05, 0) is 0 Å². The number of aliphatic hydroxyl groups is 2. The van der Waals surface area contributed by atoms with E-state index in [0.717, 1.165) is 0 Å². The van der Waals surface area contributed by atoms with Crippen LogP contribution in [0.4, 0.5) is 0 Å². The molecule has 1 fully saturated rings. The molecule has 0 aliphatic heterocycles. The lowest BCUT2D eigenvalue weighted by Gasteiger charge is -2.37. The highest BCUT2D eigenvalue weighted by atomic mass is 16.5. The van der Waals surface area contributed by atoms with Crippen LogP contribution >= 0.6 is 0 Å². The number of hydrogen-bond donors (Lipinski definition) is 2. The van der Waals surface area contributed by atoms with E-state index in [1.54, 1.807) is 7.11 Å². The van der Waals surface area contributed by atoms with Crippen molar-refractivity contribution in [2.75, 3.05) is 7.11 Å². The SMILES string of the molecule is COC1CC(O)(O)C1. The highest BCUT2D eigenvalue weighted by Crippen LogP contribution is 2.30. The van der Waals surface area contributed by atoms with Gasteiger partial charge < -0.3 is 14.9 Å². The summed E-state index contributed by atoms with van der Waals surface area (Å²) in [7, 11) is 1.57. The Morgan fingerprint density at radius 3 is 2.12 bits per heavy atom. The molecule has 0 atom stereocenters. The molecule has 0 aromatic heterocycles. The van der Waals surface area contributed by atoms with Gasteiger partial charge in [0.2, 0.25) is 0 Å². The van der Waals surface area contributed by atoms with Crippen molar-refractivity contribution in [2.45, 2.75) is 24.7 Å². The maximum atomic E-state index is 8.69. The molecular weight excluding hydrogens is 108 g/mol. The summed E-state index contributed by atoms with van der Waals surface area (Å²) in [6, 6.07) is 0. The smallest absolute Gasteiger partial charge is 0.167 e. The van der Waals surface area contributed by atoms with E-state index in [1.807, 2.05) is 0 Å². The maximum absolute atomic E-state index is 8.69. The molecule has 0 aromatic carbocycles. The van der Waals surface area contributed by atoms with Crippen LogP contribution in [-0.2, 0) is 4.74 Å². The van der Waals surface area contributed by atoms with Crippen LogP contribution < -0.4 is 0 Å². The molecule has 3 heteroatoms. The van der Waals surface area contributed by atoms with Crippen molar-refractivity contribution in [3.05, 3.63) is 0 Å². The molecule has 0 bridgehead atoms. The molecule has 1 saturated carbocycles. The second-order valence-electron chi connectivity index (χ2n) is 2.25. The fourth-order valence-corrected chi connectivity index (χ4v) is 0.836. The van der Waals surface area contributed by atoms with Gasteiger partial charge in [-0.15, -0.1) is 0 Å². The zero-order valence-corrected chi connectivity index (χ0v) is 4.79. The summed E-state index contributed by atoms with van der Waals surface area (Å²) >= 11 is 0. The Balaban J connectivity index is 2.21. The van der Waals surface area contributed by atoms with E-state index in [9.17, 15) is 0 Å². The molecular formula is C5H10O3. The summed E-state index contributed by atoms with van der Waals surface area (Å²) in [4.78, 5) is 0. The summed E-state index contributed by atoms with van der Waals surface area (Å²) < 4.78 is 4.80. The lowest BCUT2D eigenvalue weighted by molar-refractivity contribution is -0.255. The second-order valence-corrected chi connectivity index (χ2v) is 2.25. The van der Waals surface area contributed by atoms with Crippen LogP contribution in [0.2, 0.25) is 0 Å². The molecule has 0 heterocycles. The van der Waals surface area contributed by atoms with Gasteiger partial charge in [-0.3, -0.25) is 0 Å². The van der Waals surface area contributed by atoms with Crippen molar-refractivity contribution in [3.63, 3.8) is 0 Å². The average molecular weight is 118 g/mol. The first kappa shape index (κ1) is 6.01. The summed E-state index contributed by atoms with van der Waals surface area (Å²) in [5.74, 6) is -1.43. The fraction of sp³-hybridized carbons (Fsp3) is 1.00. The molecule has 0 amide bonds. The van der Waals surface area contributed by atoms with Gasteiger partial charge in [0, 0.05) is 20.0 Å². The number of rotatable bonds is 1. The van der Waals surface area contributed by atoms with Crippen LogP contribution in [0.5, 0.6) is 0 Å². The Hall–Kier alpha value is -0.120. The van der Waals surface area contributed by atoms with E-state index in [-0.39, 0.29) is 6.10 Å². The van der Waals surface area contributed by atoms with Crippen LogP contribution in [0, 0.1) is 0 Å². The third kappa shape index (κ3) is 0.992. The first-order valence-corrected chi connectivity index (χ1v) is 2.61. The first-order valence-electron chi connectivity index (χ1n) is 2.61. The zero-order chi connectivity index (χ0) is 6.20. The van der Waals surface area contributed by atoms with Gasteiger partial charge in [0.15, 0.2) is 5.79 Å². The van der Waals surface area contributed by atoms with E-state index in [0.29, 0.717) is 12.8 Å². The van der Waals surface area contributed by atoms with E-state index in [2.05, 4.69) is 0 Å². The topological polar surface area (TPSA) is 49.7 Å². The van der Waals surface area contributed by atoms with Gasteiger partial charge in [-0.25, -0.2) is 0 Å². The van der Waals surface area contributed by atoms with Gasteiger partial charge >= 0.3 is 0 Å². The molecule has 1 rings (SSSR count). The molecule has 0 radical (unpaired) electrons. The van der Waals surface area contributed by atoms with E-state index in [1.165, 1.54) is 0 Å². The summed E-state index contributed by atoms with van der Waals surface area (Å²) in [6.07, 6.45) is 0.762. The number of hydrogen-bond acceptors (Lipinski definition) is 3. The lowest BCUT2D eigenvalue weighted by atomic mass is 9.88. The monoisotopic (exact) mass is 118 g/mol. The van der Waals surface area contributed by atoms with Crippen LogP contribution in [0.3, 0.4) is 0 Å². The Morgan fingerprint density at radius 2 is 2.00 bits per heavy atom. The largest absolute Gasteiger partial charge is 0.381 e. The predicted octanol–water partition coefficient (Wildman–Crippen LogP) is -0.524. The number of ether oxygens (including phenoxy) is 1. The Bertz CT molecular complexity index is 81.7. The van der Waals surface area contributed by atoms with Crippen molar-refractivity contribution in [1.29, 1.82) is 0 Å². The molecule has 0 saturated heterocycles. The standard InChI is InChI=1S/C5H10O3/c1-8-4-2-5(6,7)3-4/h4,6-7H,2-3H2,1H3. The van der Waals surface area contributed by atoms with Crippen LogP contribution in [0.15, 0.2) is 0 Å². The third-order valence-electron chi connectivity index (χ3n) is 1.44. The van der Waals surface area contributed by atoms with Gasteiger partial charge in [0.1, 0.15) is 0 Å². The first-order chi connectivity index (χ1) is 3.64. The molecule has 0 unspecified atom stereocenters. The molecule has 1 aliphatic rings. The Kier molecular flexibility index (Phi) is 1.27. The number of methoxy groups -OCH3 is 1. The molecule has 3 nitrogen and oxygen atoms in total. The van der Waals surface area contributed by atoms with Gasteiger partial charge in [-0.1, -0.05) is 0 Å². The van der Waals surface area contributed by atoms with E-state index >= 15 is 0 Å². The minimum Gasteiger partial charge on any atom is -0.381 e. The normalized spacial score (nSPS) is 27.4.